The van der Waals surface area contributed by atoms with Crippen LogP contribution < -0.4 is 15.8 Å². The van der Waals surface area contributed by atoms with Crippen LogP contribution in [0, 0.1) is 17.1 Å². The number of morpholine rings is 1. The lowest BCUT2D eigenvalue weighted by atomic mass is 10.1. The van der Waals surface area contributed by atoms with E-state index in [0.717, 1.165) is 9.56 Å². The Kier molecular flexibility index (Phi) is 8.11. The van der Waals surface area contributed by atoms with E-state index >= 15 is 0 Å². The lowest BCUT2D eigenvalue weighted by molar-refractivity contribution is 0.0943. The van der Waals surface area contributed by atoms with Gasteiger partial charge in [-0.15, -0.1) is 11.3 Å². The summed E-state index contributed by atoms with van der Waals surface area (Å²) in [5.41, 5.74) is 0.722. The van der Waals surface area contributed by atoms with Gasteiger partial charge in [-0.25, -0.2) is 4.39 Å². The van der Waals surface area contributed by atoms with Gasteiger partial charge in [-0.05, 0) is 36.4 Å². The van der Waals surface area contributed by atoms with E-state index in [1.807, 2.05) is 11.0 Å². The lowest BCUT2D eigenvalue weighted by Gasteiger charge is -2.30. The van der Waals surface area contributed by atoms with Gasteiger partial charge in [-0.2, -0.15) is 15.0 Å². The molecule has 1 saturated heterocycles. The molecule has 10 nitrogen and oxygen atoms in total. The normalized spacial score (nSPS) is 13.2. The van der Waals surface area contributed by atoms with Crippen molar-refractivity contribution in [2.24, 2.45) is 0 Å². The van der Waals surface area contributed by atoms with E-state index in [-0.39, 0.29) is 41.3 Å². The molecule has 0 radical (unpaired) electrons. The minimum Gasteiger partial charge on any atom is -0.467 e. The van der Waals surface area contributed by atoms with E-state index in [1.165, 1.54) is 46.4 Å². The van der Waals surface area contributed by atoms with Crippen LogP contribution in [0.4, 0.5) is 15.9 Å². The fourth-order valence-corrected chi connectivity index (χ4v) is 5.92. The van der Waals surface area contributed by atoms with Crippen molar-refractivity contribution in [3.63, 3.8) is 0 Å². The zero-order chi connectivity index (χ0) is 29.9. The summed E-state index contributed by atoms with van der Waals surface area (Å²) in [4.78, 5) is 29.8. The molecule has 13 heteroatoms. The standard InChI is InChI=1S/C30H24ClFN6O4S/c31-26-8-7-20(43-26)16-34-29-22(15-33)28(35-38(29)30(40)21-5-1-2-6-24(21)32)23-18-37(17-19-4-3-11-42-19)27(39)14-25(23)36-9-12-41-13-10-36/h1-8,11,14,18,34H,9-10,12-13,16-17H2. The molecule has 218 valence electrons. The molecule has 43 heavy (non-hydrogen) atoms. The van der Waals surface area contributed by atoms with Gasteiger partial charge in [0, 0.05) is 35.8 Å². The first-order valence-corrected chi connectivity index (χ1v) is 14.5. The fraction of sp³-hybridized carbons (Fsp3) is 0.200. The molecule has 1 N–H and O–H groups in total. The number of nitriles is 1. The maximum atomic E-state index is 14.8. The molecule has 1 fully saturated rings. The molecular weight excluding hydrogens is 595 g/mol. The summed E-state index contributed by atoms with van der Waals surface area (Å²) >= 11 is 7.45. The van der Waals surface area contributed by atoms with E-state index in [1.54, 1.807) is 30.5 Å². The number of ether oxygens (including phenoxy) is 1. The van der Waals surface area contributed by atoms with Gasteiger partial charge >= 0.3 is 0 Å². The number of carbonyl (C=O) groups is 1. The van der Waals surface area contributed by atoms with Crippen LogP contribution in [0.25, 0.3) is 11.3 Å². The Hall–Kier alpha value is -4.70. The monoisotopic (exact) mass is 618 g/mol. The zero-order valence-electron chi connectivity index (χ0n) is 22.6. The first-order chi connectivity index (χ1) is 20.9. The molecule has 0 amide bonds. The van der Waals surface area contributed by atoms with E-state index < -0.39 is 11.7 Å². The van der Waals surface area contributed by atoms with Gasteiger partial charge in [0.1, 0.15) is 28.9 Å². The van der Waals surface area contributed by atoms with Crippen LogP contribution in [-0.4, -0.2) is 46.6 Å². The second kappa shape index (κ2) is 12.3. The summed E-state index contributed by atoms with van der Waals surface area (Å²) in [5.74, 6) is -0.832. The Morgan fingerprint density at radius 3 is 2.67 bits per heavy atom. The third-order valence-corrected chi connectivity index (χ3v) is 8.20. The highest BCUT2D eigenvalue weighted by atomic mass is 35.5. The highest BCUT2D eigenvalue weighted by Crippen LogP contribution is 2.36. The number of benzene rings is 1. The Labute approximate surface area is 254 Å². The number of anilines is 2. The number of nitrogens with zero attached hydrogens (tertiary/aromatic N) is 5. The molecule has 5 aromatic rings. The number of hydrogen-bond acceptors (Lipinski definition) is 9. The predicted octanol–water partition coefficient (Wildman–Crippen LogP) is 5.22. The Morgan fingerprint density at radius 1 is 1.16 bits per heavy atom. The quantitative estimate of drug-likeness (QED) is 0.252. The summed E-state index contributed by atoms with van der Waals surface area (Å²) in [6, 6.07) is 16.3. The van der Waals surface area contributed by atoms with Crippen LogP contribution in [-0.2, 0) is 17.8 Å². The van der Waals surface area contributed by atoms with Crippen LogP contribution in [0.5, 0.6) is 0 Å². The Morgan fingerprint density at radius 2 is 1.98 bits per heavy atom. The van der Waals surface area contributed by atoms with Gasteiger partial charge in [0.15, 0.2) is 5.82 Å². The highest BCUT2D eigenvalue weighted by Gasteiger charge is 2.29. The van der Waals surface area contributed by atoms with Crippen molar-refractivity contribution in [1.82, 2.24) is 14.3 Å². The summed E-state index contributed by atoms with van der Waals surface area (Å²) in [6.45, 7) is 2.30. The van der Waals surface area contributed by atoms with Crippen molar-refractivity contribution < 1.29 is 18.3 Å². The molecule has 1 aliphatic rings. The van der Waals surface area contributed by atoms with E-state index in [0.29, 0.717) is 47.7 Å². The number of halogens is 2. The minimum atomic E-state index is -0.760. The fourth-order valence-electron chi connectivity index (χ4n) is 4.89. The molecule has 0 spiro atoms. The van der Waals surface area contributed by atoms with Gasteiger partial charge in [-0.1, -0.05) is 23.7 Å². The molecule has 5 heterocycles. The van der Waals surface area contributed by atoms with E-state index in [2.05, 4.69) is 16.5 Å². The molecular formula is C30H24ClFN6O4S. The Bertz CT molecular complexity index is 1890. The number of thiophene rings is 1. The molecule has 0 bridgehead atoms. The maximum Gasteiger partial charge on any atom is 0.283 e. The number of hydrogen-bond donors (Lipinski definition) is 1. The van der Waals surface area contributed by atoms with Gasteiger partial charge in [0.25, 0.3) is 11.5 Å². The summed E-state index contributed by atoms with van der Waals surface area (Å²) in [7, 11) is 0. The third kappa shape index (κ3) is 5.83. The van der Waals surface area contributed by atoms with Gasteiger partial charge in [0.05, 0.1) is 48.2 Å². The second-order valence-corrected chi connectivity index (χ2v) is 11.5. The number of furan rings is 1. The Balaban J connectivity index is 1.53. The SMILES string of the molecule is N#Cc1c(-c2cn(Cc3ccco3)c(=O)cc2N2CCOCC2)nn(C(=O)c2ccccc2F)c1NCc1ccc(Cl)s1. The first kappa shape index (κ1) is 28.4. The molecule has 1 aromatic carbocycles. The molecule has 6 rings (SSSR count). The summed E-state index contributed by atoms with van der Waals surface area (Å²) in [6.07, 6.45) is 3.13. The van der Waals surface area contributed by atoms with Crippen molar-refractivity contribution in [2.75, 3.05) is 36.5 Å². The van der Waals surface area contributed by atoms with Crippen molar-refractivity contribution in [3.05, 3.63) is 109 Å². The number of pyridine rings is 1. The topological polar surface area (TPSA) is 118 Å². The van der Waals surface area contributed by atoms with Gasteiger partial charge in [0.2, 0.25) is 0 Å². The molecule has 1 aliphatic heterocycles. The minimum absolute atomic E-state index is 0.0602. The van der Waals surface area contributed by atoms with Crippen LogP contribution >= 0.6 is 22.9 Å². The number of nitrogens with one attached hydrogen (secondary N) is 1. The average Bonchev–Trinajstić information content (AvgIpc) is 3.77. The molecule has 0 aliphatic carbocycles. The number of carbonyl (C=O) groups excluding carboxylic acids is 1. The largest absolute Gasteiger partial charge is 0.467 e. The van der Waals surface area contributed by atoms with Gasteiger partial charge in [-0.3, -0.25) is 9.59 Å². The van der Waals surface area contributed by atoms with Gasteiger partial charge < -0.3 is 23.9 Å². The summed E-state index contributed by atoms with van der Waals surface area (Å²) in [5, 5.41) is 18.2. The molecule has 4 aromatic heterocycles. The maximum absolute atomic E-state index is 14.8. The summed E-state index contributed by atoms with van der Waals surface area (Å²) < 4.78 is 28.8. The zero-order valence-corrected chi connectivity index (χ0v) is 24.2. The van der Waals surface area contributed by atoms with E-state index in [4.69, 9.17) is 20.8 Å². The van der Waals surface area contributed by atoms with Crippen molar-refractivity contribution >= 4 is 40.4 Å². The molecule has 0 saturated carbocycles. The van der Waals surface area contributed by atoms with Crippen molar-refractivity contribution in [3.8, 4) is 17.3 Å². The second-order valence-electron chi connectivity index (χ2n) is 9.66. The smallest absolute Gasteiger partial charge is 0.283 e. The average molecular weight is 619 g/mol. The van der Waals surface area contributed by atoms with Crippen LogP contribution in [0.2, 0.25) is 4.34 Å². The number of rotatable bonds is 8. The first-order valence-electron chi connectivity index (χ1n) is 13.3. The predicted molar refractivity (Wildman–Crippen MR) is 160 cm³/mol. The third-order valence-electron chi connectivity index (χ3n) is 6.97. The lowest BCUT2D eigenvalue weighted by Crippen LogP contribution is -2.37. The van der Waals surface area contributed by atoms with Crippen molar-refractivity contribution in [1.29, 1.82) is 5.26 Å². The van der Waals surface area contributed by atoms with E-state index in [9.17, 15) is 19.2 Å². The van der Waals surface area contributed by atoms with Crippen LogP contribution in [0.3, 0.4) is 0 Å². The molecule has 0 atom stereocenters. The van der Waals surface area contributed by atoms with Crippen LogP contribution in [0.15, 0.2) is 76.3 Å². The van der Waals surface area contributed by atoms with Crippen LogP contribution in [0.1, 0.15) is 26.6 Å². The highest BCUT2D eigenvalue weighted by molar-refractivity contribution is 7.16. The molecule has 0 unspecified atom stereocenters. The number of aromatic nitrogens is 3. The van der Waals surface area contributed by atoms with Crippen molar-refractivity contribution in [2.45, 2.75) is 13.1 Å².